The monoisotopic (exact) mass is 530 g/mol. The van der Waals surface area contributed by atoms with E-state index in [0.29, 0.717) is 30.5 Å². The Morgan fingerprint density at radius 1 is 1.19 bits per heavy atom. The molecule has 5 atom stereocenters. The number of hydrogen-bond acceptors (Lipinski definition) is 5. The van der Waals surface area contributed by atoms with E-state index in [1.807, 2.05) is 0 Å². The molecule has 4 rings (SSSR count). The van der Waals surface area contributed by atoms with E-state index in [2.05, 4.69) is 10.7 Å². The Kier molecular flexibility index (Phi) is 7.91. The number of carbonyl (C=O) groups is 4. The number of likely N-dealkylation sites (tertiary alicyclic amines) is 1. The summed E-state index contributed by atoms with van der Waals surface area (Å²) in [6, 6.07) is 1.56. The SMILES string of the molecule is O=C1NCC[C@H]1CN(NC(=O)[C@@H]1[C@H]2CCC[C@H]2CN1C(=O)COc1cc(F)cc(F)c1)C(=O)C(F)Cl. The van der Waals surface area contributed by atoms with E-state index in [9.17, 15) is 32.3 Å². The molecule has 3 aliphatic rings. The molecule has 196 valence electrons. The van der Waals surface area contributed by atoms with Crippen LogP contribution in [0.2, 0.25) is 0 Å². The zero-order valence-electron chi connectivity index (χ0n) is 19.2. The summed E-state index contributed by atoms with van der Waals surface area (Å²) in [7, 11) is 0. The fourth-order valence-electron chi connectivity index (χ4n) is 5.29. The van der Waals surface area contributed by atoms with Gasteiger partial charge in [-0.05, 0) is 31.1 Å². The molecule has 2 aliphatic heterocycles. The van der Waals surface area contributed by atoms with Crippen molar-refractivity contribution in [2.45, 2.75) is 37.4 Å². The topological polar surface area (TPSA) is 108 Å². The average Bonchev–Trinajstić information content (AvgIpc) is 3.52. The zero-order chi connectivity index (χ0) is 26.0. The van der Waals surface area contributed by atoms with E-state index in [4.69, 9.17) is 16.3 Å². The molecular weight excluding hydrogens is 505 g/mol. The number of rotatable bonds is 7. The van der Waals surface area contributed by atoms with Gasteiger partial charge in [0.05, 0.1) is 12.5 Å². The first-order valence-electron chi connectivity index (χ1n) is 11.7. The third kappa shape index (κ3) is 5.69. The standard InChI is InChI=1S/C23H26ClF3N4O5/c24-20(27)23(35)31(10-13-4-5-28-21(13)33)29-22(34)19-17-3-1-2-12(17)9-30(19)18(32)11-36-16-7-14(25)6-15(26)8-16/h6-8,12-13,17,19-20H,1-5,9-11H2,(H,28,33)(H,29,34)/t12-,13-,17-,19-,20?/m0/s1. The van der Waals surface area contributed by atoms with Crippen molar-refractivity contribution in [3.63, 3.8) is 0 Å². The number of ether oxygens (including phenoxy) is 1. The highest BCUT2D eigenvalue weighted by molar-refractivity contribution is 6.29. The predicted octanol–water partition coefficient (Wildman–Crippen LogP) is 1.50. The Morgan fingerprint density at radius 3 is 2.56 bits per heavy atom. The maximum absolute atomic E-state index is 13.7. The molecule has 9 nitrogen and oxygen atoms in total. The van der Waals surface area contributed by atoms with Crippen LogP contribution >= 0.6 is 11.6 Å². The predicted molar refractivity (Wildman–Crippen MR) is 120 cm³/mol. The summed E-state index contributed by atoms with van der Waals surface area (Å²) in [4.78, 5) is 52.0. The molecule has 1 aromatic carbocycles. The van der Waals surface area contributed by atoms with Gasteiger partial charge >= 0.3 is 0 Å². The molecule has 2 N–H and O–H groups in total. The molecule has 4 amide bonds. The first-order chi connectivity index (χ1) is 17.1. The zero-order valence-corrected chi connectivity index (χ0v) is 20.0. The molecule has 0 aromatic heterocycles. The molecular formula is C23H26ClF3N4O5. The lowest BCUT2D eigenvalue weighted by Crippen LogP contribution is -2.57. The summed E-state index contributed by atoms with van der Waals surface area (Å²) < 4.78 is 45.8. The fourth-order valence-corrected chi connectivity index (χ4v) is 5.40. The number of carbonyl (C=O) groups excluding carboxylic acids is 4. The van der Waals surface area contributed by atoms with Gasteiger partial charge < -0.3 is 15.0 Å². The second kappa shape index (κ2) is 10.9. The molecule has 1 unspecified atom stereocenters. The number of amides is 4. The lowest BCUT2D eigenvalue weighted by molar-refractivity contribution is -0.149. The minimum Gasteiger partial charge on any atom is -0.484 e. The van der Waals surface area contributed by atoms with Gasteiger partial charge in [-0.3, -0.25) is 24.6 Å². The van der Waals surface area contributed by atoms with E-state index in [1.54, 1.807) is 0 Å². The van der Waals surface area contributed by atoms with Gasteiger partial charge in [-0.25, -0.2) is 18.2 Å². The molecule has 3 fully saturated rings. The van der Waals surface area contributed by atoms with Crippen LogP contribution in [0.15, 0.2) is 18.2 Å². The number of nitrogens with zero attached hydrogens (tertiary/aromatic N) is 2. The van der Waals surface area contributed by atoms with Gasteiger partial charge in [0, 0.05) is 31.3 Å². The summed E-state index contributed by atoms with van der Waals surface area (Å²) in [6.07, 6.45) is 2.73. The van der Waals surface area contributed by atoms with Crippen LogP contribution in [0.5, 0.6) is 5.75 Å². The van der Waals surface area contributed by atoms with Crippen LogP contribution < -0.4 is 15.5 Å². The lowest BCUT2D eigenvalue weighted by Gasteiger charge is -2.31. The van der Waals surface area contributed by atoms with E-state index in [-0.39, 0.29) is 36.6 Å². The van der Waals surface area contributed by atoms with E-state index >= 15 is 0 Å². The third-order valence-corrected chi connectivity index (χ3v) is 7.13. The van der Waals surface area contributed by atoms with Gasteiger partial charge in [0.2, 0.25) is 5.91 Å². The van der Waals surface area contributed by atoms with Crippen molar-refractivity contribution in [1.29, 1.82) is 0 Å². The van der Waals surface area contributed by atoms with E-state index < -0.39 is 53.6 Å². The maximum atomic E-state index is 13.7. The van der Waals surface area contributed by atoms with Gasteiger partial charge in [0.25, 0.3) is 23.4 Å². The van der Waals surface area contributed by atoms with E-state index in [0.717, 1.165) is 25.0 Å². The van der Waals surface area contributed by atoms with Crippen molar-refractivity contribution in [3.05, 3.63) is 29.8 Å². The number of alkyl halides is 2. The Balaban J connectivity index is 1.47. The second-order valence-corrected chi connectivity index (χ2v) is 9.62. The van der Waals surface area contributed by atoms with Crippen LogP contribution in [0.4, 0.5) is 13.2 Å². The molecule has 2 heterocycles. The number of benzene rings is 1. The largest absolute Gasteiger partial charge is 0.484 e. The second-order valence-electron chi connectivity index (χ2n) is 9.24. The van der Waals surface area contributed by atoms with Gasteiger partial charge in [0.15, 0.2) is 6.61 Å². The van der Waals surface area contributed by atoms with Crippen LogP contribution in [0.1, 0.15) is 25.7 Å². The molecule has 36 heavy (non-hydrogen) atoms. The smallest absolute Gasteiger partial charge is 0.291 e. The normalized spacial score (nSPS) is 25.8. The van der Waals surface area contributed by atoms with E-state index in [1.165, 1.54) is 4.90 Å². The maximum Gasteiger partial charge on any atom is 0.291 e. The summed E-state index contributed by atoms with van der Waals surface area (Å²) >= 11 is 5.33. The molecule has 0 radical (unpaired) electrons. The van der Waals surface area contributed by atoms with Crippen LogP contribution in [-0.2, 0) is 19.2 Å². The third-order valence-electron chi connectivity index (χ3n) is 6.94. The summed E-state index contributed by atoms with van der Waals surface area (Å²) in [5.74, 6) is -5.54. The van der Waals surface area contributed by atoms with Crippen molar-refractivity contribution in [2.75, 3.05) is 26.2 Å². The van der Waals surface area contributed by atoms with Crippen molar-refractivity contribution in [1.82, 2.24) is 20.7 Å². The number of halogens is 4. The molecule has 0 spiro atoms. The highest BCUT2D eigenvalue weighted by atomic mass is 35.5. The average molecular weight is 531 g/mol. The number of hydrogen-bond donors (Lipinski definition) is 2. The van der Waals surface area contributed by atoms with Crippen LogP contribution in [0.25, 0.3) is 0 Å². The molecule has 0 bridgehead atoms. The molecule has 1 aromatic rings. The molecule has 13 heteroatoms. The van der Waals surface area contributed by atoms with Gasteiger partial charge in [-0.15, -0.1) is 0 Å². The Hall–Kier alpha value is -3.02. The molecule has 1 saturated carbocycles. The van der Waals surface area contributed by atoms with Crippen molar-refractivity contribution in [2.24, 2.45) is 17.8 Å². The Labute approximate surface area is 210 Å². The fraction of sp³-hybridized carbons (Fsp3) is 0.565. The summed E-state index contributed by atoms with van der Waals surface area (Å²) in [6.45, 7) is -0.177. The van der Waals surface area contributed by atoms with Gasteiger partial charge in [-0.2, -0.15) is 0 Å². The van der Waals surface area contributed by atoms with Gasteiger partial charge in [-0.1, -0.05) is 18.0 Å². The highest BCUT2D eigenvalue weighted by Gasteiger charge is 2.50. The number of nitrogens with one attached hydrogen (secondary N) is 2. The number of fused-ring (bicyclic) bond motifs is 1. The Morgan fingerprint density at radius 2 is 1.92 bits per heavy atom. The van der Waals surface area contributed by atoms with Crippen molar-refractivity contribution >= 4 is 35.2 Å². The van der Waals surface area contributed by atoms with Crippen molar-refractivity contribution in [3.8, 4) is 5.75 Å². The quantitative estimate of drug-likeness (QED) is 0.410. The van der Waals surface area contributed by atoms with Crippen LogP contribution in [0, 0.1) is 29.4 Å². The first kappa shape index (κ1) is 26.1. The Bertz CT molecular complexity index is 1020. The minimum absolute atomic E-state index is 0.0445. The van der Waals surface area contributed by atoms with Crippen LogP contribution in [0.3, 0.4) is 0 Å². The highest BCUT2D eigenvalue weighted by Crippen LogP contribution is 2.42. The lowest BCUT2D eigenvalue weighted by atomic mass is 9.93. The van der Waals surface area contributed by atoms with Crippen LogP contribution in [-0.4, -0.2) is 71.5 Å². The molecule has 1 aliphatic carbocycles. The summed E-state index contributed by atoms with van der Waals surface area (Å²) in [5.41, 5.74) is -0.0546. The minimum atomic E-state index is -2.43. The summed E-state index contributed by atoms with van der Waals surface area (Å²) in [5, 5.41) is 3.31. The first-order valence-corrected chi connectivity index (χ1v) is 12.1. The van der Waals surface area contributed by atoms with Crippen molar-refractivity contribution < 1.29 is 37.1 Å². The van der Waals surface area contributed by atoms with Gasteiger partial charge in [0.1, 0.15) is 23.4 Å². The number of hydrazine groups is 1. The molecule has 2 saturated heterocycles.